The molecule has 2 heterocycles. The molecular formula is C20H26Cl3N5O. The van der Waals surface area contributed by atoms with Crippen LogP contribution in [0.2, 0.25) is 10.0 Å². The molecule has 0 saturated carbocycles. The summed E-state index contributed by atoms with van der Waals surface area (Å²) in [7, 11) is 0. The van der Waals surface area contributed by atoms with Crippen molar-refractivity contribution >= 4 is 47.2 Å². The molecule has 1 aliphatic rings. The molecule has 1 fully saturated rings. The van der Waals surface area contributed by atoms with Gasteiger partial charge in [0.1, 0.15) is 11.5 Å². The molecule has 0 radical (unpaired) electrons. The molecule has 3 rings (SSSR count). The van der Waals surface area contributed by atoms with Gasteiger partial charge in [0.25, 0.3) is 5.91 Å². The number of benzene rings is 1. The molecule has 1 aromatic carbocycles. The normalized spacial score (nSPS) is 14.4. The minimum atomic E-state index is -0.144. The first-order valence-electron chi connectivity index (χ1n) is 9.46. The average molecular weight is 459 g/mol. The third-order valence-corrected chi connectivity index (χ3v) is 5.59. The monoisotopic (exact) mass is 457 g/mol. The molecule has 1 aliphatic heterocycles. The van der Waals surface area contributed by atoms with E-state index in [0.29, 0.717) is 28.1 Å². The van der Waals surface area contributed by atoms with Crippen LogP contribution in [0.15, 0.2) is 24.3 Å². The summed E-state index contributed by atoms with van der Waals surface area (Å²) in [5.74, 6) is 0.469. The van der Waals surface area contributed by atoms with Crippen molar-refractivity contribution in [2.75, 3.05) is 44.2 Å². The summed E-state index contributed by atoms with van der Waals surface area (Å²) >= 11 is 12.5. The summed E-state index contributed by atoms with van der Waals surface area (Å²) in [6, 6.07) is 7.46. The van der Waals surface area contributed by atoms with Gasteiger partial charge in [-0.3, -0.25) is 9.69 Å². The molecule has 6 nitrogen and oxygen atoms in total. The minimum absolute atomic E-state index is 0. The molecule has 1 aromatic heterocycles. The standard InChI is InChI=1S/C20H25Cl2N5O.ClH/c1-14-13-17(25-15(2)24-14)20(28)23-7-4-8-26-9-11-27(12-10-26)18-6-3-5-16(21)19(18)22;/h3,5-6,13H,4,7-12H2,1-2H3,(H,23,28);1H. The van der Waals surface area contributed by atoms with Gasteiger partial charge in [-0.05, 0) is 45.0 Å². The number of carbonyl (C=O) groups excluding carboxylic acids is 1. The second-order valence-corrected chi connectivity index (χ2v) is 7.74. The number of hydrogen-bond acceptors (Lipinski definition) is 5. The van der Waals surface area contributed by atoms with Crippen LogP contribution in [0.3, 0.4) is 0 Å². The van der Waals surface area contributed by atoms with E-state index in [1.807, 2.05) is 25.1 Å². The minimum Gasteiger partial charge on any atom is -0.368 e. The second-order valence-electron chi connectivity index (χ2n) is 6.95. The summed E-state index contributed by atoms with van der Waals surface area (Å²) < 4.78 is 0. The predicted molar refractivity (Wildman–Crippen MR) is 121 cm³/mol. The molecule has 0 aliphatic carbocycles. The number of halogens is 3. The summed E-state index contributed by atoms with van der Waals surface area (Å²) in [6.07, 6.45) is 0.896. The maximum absolute atomic E-state index is 12.2. The average Bonchev–Trinajstić information content (AvgIpc) is 2.67. The number of anilines is 1. The number of aromatic nitrogens is 2. The fourth-order valence-electron chi connectivity index (χ4n) is 3.38. The van der Waals surface area contributed by atoms with Crippen molar-refractivity contribution < 1.29 is 4.79 Å². The third kappa shape index (κ3) is 6.44. The van der Waals surface area contributed by atoms with Crippen LogP contribution in [-0.2, 0) is 0 Å². The zero-order chi connectivity index (χ0) is 20.1. The second kappa shape index (κ2) is 11.0. The highest BCUT2D eigenvalue weighted by molar-refractivity contribution is 6.43. The van der Waals surface area contributed by atoms with Gasteiger partial charge < -0.3 is 10.2 Å². The molecule has 0 spiro atoms. The summed E-state index contributed by atoms with van der Waals surface area (Å²) in [5.41, 5.74) is 2.23. The van der Waals surface area contributed by atoms with Crippen LogP contribution < -0.4 is 10.2 Å². The number of piperazine rings is 1. The molecule has 0 unspecified atom stereocenters. The Labute approximate surface area is 188 Å². The lowest BCUT2D eigenvalue weighted by molar-refractivity contribution is 0.0946. The van der Waals surface area contributed by atoms with Crippen LogP contribution in [0.25, 0.3) is 0 Å². The van der Waals surface area contributed by atoms with E-state index >= 15 is 0 Å². The Hall–Kier alpha value is -1.60. The van der Waals surface area contributed by atoms with Crippen molar-refractivity contribution in [3.8, 4) is 0 Å². The van der Waals surface area contributed by atoms with E-state index in [1.54, 1.807) is 13.0 Å². The Kier molecular flexibility index (Phi) is 8.96. The van der Waals surface area contributed by atoms with Crippen LogP contribution >= 0.6 is 35.6 Å². The maximum Gasteiger partial charge on any atom is 0.270 e. The van der Waals surface area contributed by atoms with Gasteiger partial charge in [-0.15, -0.1) is 12.4 Å². The number of aryl methyl sites for hydroxylation is 2. The highest BCUT2D eigenvalue weighted by Gasteiger charge is 2.19. The van der Waals surface area contributed by atoms with Crippen LogP contribution in [0, 0.1) is 13.8 Å². The first kappa shape index (κ1) is 23.7. The third-order valence-electron chi connectivity index (χ3n) is 4.78. The summed E-state index contributed by atoms with van der Waals surface area (Å²) in [4.78, 5) is 25.3. The first-order valence-corrected chi connectivity index (χ1v) is 10.2. The van der Waals surface area contributed by atoms with E-state index in [2.05, 4.69) is 25.1 Å². The molecule has 9 heteroatoms. The van der Waals surface area contributed by atoms with Gasteiger partial charge in [0.2, 0.25) is 0 Å². The Morgan fingerprint density at radius 2 is 1.86 bits per heavy atom. The lowest BCUT2D eigenvalue weighted by Crippen LogP contribution is -2.47. The van der Waals surface area contributed by atoms with Crippen molar-refractivity contribution in [3.63, 3.8) is 0 Å². The zero-order valence-corrected chi connectivity index (χ0v) is 18.9. The van der Waals surface area contributed by atoms with Crippen molar-refractivity contribution in [3.05, 3.63) is 51.5 Å². The van der Waals surface area contributed by atoms with E-state index in [1.165, 1.54) is 0 Å². The molecule has 158 valence electrons. The van der Waals surface area contributed by atoms with Crippen LogP contribution in [0.5, 0.6) is 0 Å². The van der Waals surface area contributed by atoms with Crippen molar-refractivity contribution in [1.82, 2.24) is 20.2 Å². The van der Waals surface area contributed by atoms with Crippen molar-refractivity contribution in [2.45, 2.75) is 20.3 Å². The number of nitrogens with zero attached hydrogens (tertiary/aromatic N) is 4. The van der Waals surface area contributed by atoms with E-state index in [9.17, 15) is 4.79 Å². The molecule has 0 bridgehead atoms. The van der Waals surface area contributed by atoms with Crippen LogP contribution in [-0.4, -0.2) is 60.0 Å². The van der Waals surface area contributed by atoms with E-state index in [-0.39, 0.29) is 18.3 Å². The van der Waals surface area contributed by atoms with Gasteiger partial charge in [-0.25, -0.2) is 9.97 Å². The smallest absolute Gasteiger partial charge is 0.270 e. The molecule has 2 aromatic rings. The first-order chi connectivity index (χ1) is 13.4. The summed E-state index contributed by atoms with van der Waals surface area (Å²) in [6.45, 7) is 8.96. The number of rotatable bonds is 6. The molecule has 1 saturated heterocycles. The van der Waals surface area contributed by atoms with Gasteiger partial charge in [0.05, 0.1) is 15.7 Å². The Balaban J connectivity index is 0.00000300. The largest absolute Gasteiger partial charge is 0.368 e. The number of carbonyl (C=O) groups is 1. The number of amides is 1. The van der Waals surface area contributed by atoms with Gasteiger partial charge >= 0.3 is 0 Å². The molecule has 1 N–H and O–H groups in total. The highest BCUT2D eigenvalue weighted by Crippen LogP contribution is 2.32. The predicted octanol–water partition coefficient (Wildman–Crippen LogP) is 3.76. The lowest BCUT2D eigenvalue weighted by Gasteiger charge is -2.36. The van der Waals surface area contributed by atoms with Gasteiger partial charge in [-0.1, -0.05) is 29.3 Å². The Morgan fingerprint density at radius 3 is 2.55 bits per heavy atom. The van der Waals surface area contributed by atoms with Crippen molar-refractivity contribution in [2.24, 2.45) is 0 Å². The molecule has 29 heavy (non-hydrogen) atoms. The Bertz CT molecular complexity index is 821. The van der Waals surface area contributed by atoms with Gasteiger partial charge in [-0.2, -0.15) is 0 Å². The topological polar surface area (TPSA) is 61.4 Å². The molecule has 1 amide bonds. The zero-order valence-electron chi connectivity index (χ0n) is 16.6. The quantitative estimate of drug-likeness (QED) is 0.668. The number of hydrogen-bond donors (Lipinski definition) is 1. The maximum atomic E-state index is 12.2. The van der Waals surface area contributed by atoms with Crippen LogP contribution in [0.4, 0.5) is 5.69 Å². The van der Waals surface area contributed by atoms with E-state index in [0.717, 1.165) is 50.5 Å². The van der Waals surface area contributed by atoms with Gasteiger partial charge in [0.15, 0.2) is 0 Å². The lowest BCUT2D eigenvalue weighted by atomic mass is 10.2. The van der Waals surface area contributed by atoms with E-state index in [4.69, 9.17) is 23.2 Å². The van der Waals surface area contributed by atoms with Crippen LogP contribution in [0.1, 0.15) is 28.4 Å². The highest BCUT2D eigenvalue weighted by atomic mass is 35.5. The molecular weight excluding hydrogens is 433 g/mol. The molecule has 0 atom stereocenters. The van der Waals surface area contributed by atoms with Gasteiger partial charge in [0, 0.05) is 38.4 Å². The fourth-order valence-corrected chi connectivity index (χ4v) is 3.79. The Morgan fingerprint density at radius 1 is 1.14 bits per heavy atom. The van der Waals surface area contributed by atoms with E-state index < -0.39 is 0 Å². The fraction of sp³-hybridized carbons (Fsp3) is 0.450. The number of nitrogens with one attached hydrogen (secondary N) is 1. The SMILES string of the molecule is Cc1cc(C(=O)NCCCN2CCN(c3cccc(Cl)c3Cl)CC2)nc(C)n1.Cl. The van der Waals surface area contributed by atoms with Crippen molar-refractivity contribution in [1.29, 1.82) is 0 Å². The summed E-state index contributed by atoms with van der Waals surface area (Å²) in [5, 5.41) is 4.15.